The van der Waals surface area contributed by atoms with Crippen molar-refractivity contribution in [1.82, 2.24) is 19.7 Å². The predicted octanol–water partition coefficient (Wildman–Crippen LogP) is 3.27. The molecule has 0 spiro atoms. The summed E-state index contributed by atoms with van der Waals surface area (Å²) in [5.41, 5.74) is 4.41. The number of ether oxygens (including phenoxy) is 1. The van der Waals surface area contributed by atoms with Gasteiger partial charge >= 0.3 is 0 Å². The minimum atomic E-state index is 0.749. The minimum absolute atomic E-state index is 0.749. The molecule has 0 radical (unpaired) electrons. The minimum Gasteiger partial charge on any atom is -0.495 e. The fourth-order valence-corrected chi connectivity index (χ4v) is 3.02. The van der Waals surface area contributed by atoms with Crippen LogP contribution in [0.15, 0.2) is 73.2 Å². The Morgan fingerprint density at radius 2 is 1.92 bits per heavy atom. The van der Waals surface area contributed by atoms with Gasteiger partial charge < -0.3 is 14.2 Å². The zero-order valence-electron chi connectivity index (χ0n) is 14.7. The number of rotatable bonds is 4. The van der Waals surface area contributed by atoms with E-state index in [1.807, 2.05) is 42.1 Å². The molecule has 6 heteroatoms. The first kappa shape index (κ1) is 16.1. The summed E-state index contributed by atoms with van der Waals surface area (Å²) in [6.45, 7) is 0.749. The first-order chi connectivity index (χ1) is 12.7. The van der Waals surface area contributed by atoms with Crippen LogP contribution in [-0.4, -0.2) is 33.4 Å². The quantitative estimate of drug-likeness (QED) is 0.726. The molecule has 0 unspecified atom stereocenters. The van der Waals surface area contributed by atoms with Crippen molar-refractivity contribution in [3.63, 3.8) is 0 Å². The number of nitrogens with zero attached hydrogens (tertiary/aromatic N) is 5. The molecule has 0 fully saturated rings. The Morgan fingerprint density at radius 3 is 2.65 bits per heavy atom. The predicted molar refractivity (Wildman–Crippen MR) is 101 cm³/mol. The highest BCUT2D eigenvalue weighted by Gasteiger charge is 2.16. The van der Waals surface area contributed by atoms with E-state index < -0.39 is 0 Å². The number of benzene rings is 1. The summed E-state index contributed by atoms with van der Waals surface area (Å²) in [4.78, 5) is 6.28. The van der Waals surface area contributed by atoms with Gasteiger partial charge in [-0.1, -0.05) is 12.1 Å². The van der Waals surface area contributed by atoms with Crippen molar-refractivity contribution in [2.45, 2.75) is 0 Å². The van der Waals surface area contributed by atoms with Crippen molar-refractivity contribution in [1.29, 1.82) is 0 Å². The summed E-state index contributed by atoms with van der Waals surface area (Å²) >= 11 is 0. The lowest BCUT2D eigenvalue weighted by atomic mass is 10.0. The SMILES string of the molecule is COC1=CN(c2cccc(-c3nncn3C)c2)CC(c2ccncc2)=C1. The largest absolute Gasteiger partial charge is 0.495 e. The number of anilines is 1. The molecule has 1 aromatic carbocycles. The van der Waals surface area contributed by atoms with E-state index in [0.29, 0.717) is 0 Å². The average Bonchev–Trinajstić information content (AvgIpc) is 3.14. The standard InChI is InChI=1S/C20H19N5O/c1-24-14-22-23-20(24)16-4-3-5-18(10-16)25-12-17(11-19(13-25)26-2)15-6-8-21-9-7-15/h3-11,13-14H,12H2,1-2H3. The molecule has 0 N–H and O–H groups in total. The van der Waals surface area contributed by atoms with Crippen molar-refractivity contribution in [2.75, 3.05) is 18.6 Å². The van der Waals surface area contributed by atoms with Gasteiger partial charge in [0, 0.05) is 43.4 Å². The normalized spacial score (nSPS) is 14.0. The van der Waals surface area contributed by atoms with Gasteiger partial charge in [-0.2, -0.15) is 0 Å². The van der Waals surface area contributed by atoms with Crippen molar-refractivity contribution in [2.24, 2.45) is 7.05 Å². The first-order valence-corrected chi connectivity index (χ1v) is 8.32. The van der Waals surface area contributed by atoms with Gasteiger partial charge in [0.15, 0.2) is 5.82 Å². The molecule has 1 aliphatic heterocycles. The van der Waals surface area contributed by atoms with Crippen molar-refractivity contribution in [3.8, 4) is 11.4 Å². The van der Waals surface area contributed by atoms with Crippen LogP contribution in [0.2, 0.25) is 0 Å². The lowest BCUT2D eigenvalue weighted by molar-refractivity contribution is 0.304. The molecule has 1 aliphatic rings. The summed E-state index contributed by atoms with van der Waals surface area (Å²) in [6, 6.07) is 12.3. The average molecular weight is 345 g/mol. The van der Waals surface area contributed by atoms with E-state index in [1.165, 1.54) is 5.57 Å². The molecule has 0 saturated heterocycles. The summed E-state index contributed by atoms with van der Waals surface area (Å²) in [7, 11) is 3.63. The van der Waals surface area contributed by atoms with E-state index in [0.717, 1.165) is 34.9 Å². The Hall–Kier alpha value is -3.41. The second-order valence-corrected chi connectivity index (χ2v) is 6.08. The number of aryl methyl sites for hydroxylation is 1. The third-order valence-electron chi connectivity index (χ3n) is 4.37. The number of allylic oxidation sites excluding steroid dienone is 1. The molecule has 3 aromatic rings. The van der Waals surface area contributed by atoms with Crippen LogP contribution in [0.5, 0.6) is 0 Å². The van der Waals surface area contributed by atoms with Gasteiger partial charge in [-0.3, -0.25) is 4.98 Å². The lowest BCUT2D eigenvalue weighted by Crippen LogP contribution is -2.23. The van der Waals surface area contributed by atoms with Crippen LogP contribution in [0, 0.1) is 0 Å². The van der Waals surface area contributed by atoms with Crippen LogP contribution < -0.4 is 4.90 Å². The van der Waals surface area contributed by atoms with Crippen LogP contribution in [0.3, 0.4) is 0 Å². The Kier molecular flexibility index (Phi) is 4.23. The Balaban J connectivity index is 1.69. The van der Waals surface area contributed by atoms with E-state index in [4.69, 9.17) is 4.74 Å². The van der Waals surface area contributed by atoms with Gasteiger partial charge in [-0.25, -0.2) is 0 Å². The second-order valence-electron chi connectivity index (χ2n) is 6.08. The van der Waals surface area contributed by atoms with Gasteiger partial charge in [0.05, 0.1) is 7.11 Å². The Morgan fingerprint density at radius 1 is 1.08 bits per heavy atom. The van der Waals surface area contributed by atoms with E-state index >= 15 is 0 Å². The van der Waals surface area contributed by atoms with E-state index in [9.17, 15) is 0 Å². The molecular weight excluding hydrogens is 326 g/mol. The lowest BCUT2D eigenvalue weighted by Gasteiger charge is -2.27. The second kappa shape index (κ2) is 6.84. The number of hydrogen-bond donors (Lipinski definition) is 0. The fourth-order valence-electron chi connectivity index (χ4n) is 3.02. The van der Waals surface area contributed by atoms with E-state index in [1.54, 1.807) is 25.8 Å². The van der Waals surface area contributed by atoms with Crippen LogP contribution in [0.4, 0.5) is 5.69 Å². The molecular formula is C20H19N5O. The third kappa shape index (κ3) is 3.09. The van der Waals surface area contributed by atoms with Crippen LogP contribution >= 0.6 is 0 Å². The molecule has 0 aliphatic carbocycles. The highest BCUT2D eigenvalue weighted by Crippen LogP contribution is 2.29. The third-order valence-corrected chi connectivity index (χ3v) is 4.37. The molecule has 0 atom stereocenters. The number of hydrogen-bond acceptors (Lipinski definition) is 5. The van der Waals surface area contributed by atoms with Gasteiger partial charge in [0.1, 0.15) is 12.1 Å². The maximum atomic E-state index is 5.52. The summed E-state index contributed by atoms with van der Waals surface area (Å²) in [5.74, 6) is 1.65. The fraction of sp³-hybridized carbons (Fsp3) is 0.150. The van der Waals surface area contributed by atoms with Gasteiger partial charge in [-0.15, -0.1) is 10.2 Å². The number of pyridine rings is 1. The molecule has 130 valence electrons. The van der Waals surface area contributed by atoms with Gasteiger partial charge in [0.2, 0.25) is 0 Å². The van der Waals surface area contributed by atoms with Crippen molar-refractivity contribution in [3.05, 3.63) is 78.7 Å². The highest BCUT2D eigenvalue weighted by atomic mass is 16.5. The van der Waals surface area contributed by atoms with E-state index in [-0.39, 0.29) is 0 Å². The number of methoxy groups -OCH3 is 1. The summed E-state index contributed by atoms with van der Waals surface area (Å²) in [5, 5.41) is 8.17. The van der Waals surface area contributed by atoms with E-state index in [2.05, 4.69) is 38.3 Å². The van der Waals surface area contributed by atoms with Crippen molar-refractivity contribution >= 4 is 11.3 Å². The molecule has 0 saturated carbocycles. The molecule has 6 nitrogen and oxygen atoms in total. The smallest absolute Gasteiger partial charge is 0.163 e. The highest BCUT2D eigenvalue weighted by molar-refractivity contribution is 5.76. The van der Waals surface area contributed by atoms with Crippen LogP contribution in [-0.2, 0) is 11.8 Å². The first-order valence-electron chi connectivity index (χ1n) is 8.32. The van der Waals surface area contributed by atoms with Crippen LogP contribution in [0.25, 0.3) is 17.0 Å². The van der Waals surface area contributed by atoms with Crippen molar-refractivity contribution < 1.29 is 4.74 Å². The molecule has 0 bridgehead atoms. The topological polar surface area (TPSA) is 56.1 Å². The van der Waals surface area contributed by atoms with Gasteiger partial charge in [-0.05, 0) is 41.5 Å². The monoisotopic (exact) mass is 345 g/mol. The zero-order chi connectivity index (χ0) is 17.9. The maximum Gasteiger partial charge on any atom is 0.163 e. The molecule has 26 heavy (non-hydrogen) atoms. The molecule has 4 rings (SSSR count). The van der Waals surface area contributed by atoms with Gasteiger partial charge in [0.25, 0.3) is 0 Å². The Labute approximate surface area is 152 Å². The summed E-state index contributed by atoms with van der Waals surface area (Å²) < 4.78 is 7.43. The Bertz CT molecular complexity index is 975. The van der Waals surface area contributed by atoms with Crippen LogP contribution in [0.1, 0.15) is 5.56 Å². The summed E-state index contributed by atoms with van der Waals surface area (Å²) in [6.07, 6.45) is 9.40. The molecule has 0 amide bonds. The zero-order valence-corrected chi connectivity index (χ0v) is 14.7. The number of aromatic nitrogens is 4. The maximum absolute atomic E-state index is 5.52. The molecule has 2 aromatic heterocycles. The molecule has 3 heterocycles.